The van der Waals surface area contributed by atoms with Crippen LogP contribution < -0.4 is 10.1 Å². The smallest absolute Gasteiger partial charge is 0.246 e. The molecule has 6 nitrogen and oxygen atoms in total. The van der Waals surface area contributed by atoms with E-state index < -0.39 is 10.0 Å². The lowest BCUT2D eigenvalue weighted by Crippen LogP contribution is -2.24. The maximum absolute atomic E-state index is 12.4. The van der Waals surface area contributed by atoms with Gasteiger partial charge < -0.3 is 10.1 Å². The van der Waals surface area contributed by atoms with Crippen LogP contribution in [0.5, 0.6) is 5.75 Å². The Labute approximate surface area is 138 Å². The number of ether oxygens (including phenoxy) is 1. The highest BCUT2D eigenvalue weighted by atomic mass is 32.2. The summed E-state index contributed by atoms with van der Waals surface area (Å²) in [7, 11) is -0.746. The van der Waals surface area contributed by atoms with Crippen molar-refractivity contribution >= 4 is 21.6 Å². The molecular formula is C16H26N2O4S. The zero-order valence-electron chi connectivity index (χ0n) is 14.4. The zero-order chi connectivity index (χ0) is 17.6. The van der Waals surface area contributed by atoms with E-state index in [0.717, 1.165) is 17.1 Å². The molecule has 0 saturated heterocycles. The van der Waals surface area contributed by atoms with Gasteiger partial charge in [0.25, 0.3) is 0 Å². The Morgan fingerprint density at radius 2 is 1.96 bits per heavy atom. The van der Waals surface area contributed by atoms with Gasteiger partial charge in [-0.25, -0.2) is 12.7 Å². The second-order valence-corrected chi connectivity index (χ2v) is 7.68. The molecule has 0 fully saturated rings. The van der Waals surface area contributed by atoms with Gasteiger partial charge in [-0.3, -0.25) is 4.79 Å². The third kappa shape index (κ3) is 4.94. The molecule has 1 unspecified atom stereocenters. The molecule has 1 N–H and O–H groups in total. The van der Waals surface area contributed by atoms with Crippen LogP contribution in [-0.4, -0.2) is 39.3 Å². The van der Waals surface area contributed by atoms with Gasteiger partial charge in [-0.15, -0.1) is 0 Å². The lowest BCUT2D eigenvalue weighted by Gasteiger charge is -2.17. The van der Waals surface area contributed by atoms with Gasteiger partial charge in [0.2, 0.25) is 15.9 Å². The summed E-state index contributed by atoms with van der Waals surface area (Å²) < 4.78 is 31.4. The normalized spacial score (nSPS) is 13.0. The first kappa shape index (κ1) is 19.4. The SMILES string of the molecule is CCCC(C)C(=O)Nc1ccc(OCC)c(S(=O)(=O)N(C)C)c1. The third-order valence-corrected chi connectivity index (χ3v) is 5.28. The number of hydrogen-bond acceptors (Lipinski definition) is 4. The van der Waals surface area contributed by atoms with E-state index in [4.69, 9.17) is 4.74 Å². The van der Waals surface area contributed by atoms with Gasteiger partial charge in [0, 0.05) is 25.7 Å². The van der Waals surface area contributed by atoms with Crippen molar-refractivity contribution in [1.82, 2.24) is 4.31 Å². The van der Waals surface area contributed by atoms with Gasteiger partial charge in [-0.1, -0.05) is 20.3 Å². The van der Waals surface area contributed by atoms with Crippen molar-refractivity contribution in [1.29, 1.82) is 0 Å². The molecule has 23 heavy (non-hydrogen) atoms. The molecule has 1 aromatic rings. The number of nitrogens with one attached hydrogen (secondary N) is 1. The summed E-state index contributed by atoms with van der Waals surface area (Å²) in [6.45, 7) is 6.01. The minimum atomic E-state index is -3.66. The summed E-state index contributed by atoms with van der Waals surface area (Å²) in [6.07, 6.45) is 1.70. The van der Waals surface area contributed by atoms with E-state index in [2.05, 4.69) is 5.32 Å². The quantitative estimate of drug-likeness (QED) is 0.788. The molecule has 0 radical (unpaired) electrons. The summed E-state index contributed by atoms with van der Waals surface area (Å²) in [5.41, 5.74) is 0.446. The number of anilines is 1. The average molecular weight is 342 g/mol. The maximum Gasteiger partial charge on any atom is 0.246 e. The molecule has 0 aliphatic rings. The summed E-state index contributed by atoms with van der Waals surface area (Å²) in [5, 5.41) is 2.77. The molecule has 1 aromatic carbocycles. The summed E-state index contributed by atoms with van der Waals surface area (Å²) in [4.78, 5) is 12.2. The van der Waals surface area contributed by atoms with Crippen LogP contribution in [0.3, 0.4) is 0 Å². The van der Waals surface area contributed by atoms with Gasteiger partial charge in [-0.2, -0.15) is 0 Å². The molecule has 0 aromatic heterocycles. The molecule has 1 amide bonds. The van der Waals surface area contributed by atoms with Crippen molar-refractivity contribution in [2.75, 3.05) is 26.0 Å². The Balaban J connectivity index is 3.17. The number of nitrogens with zero attached hydrogens (tertiary/aromatic N) is 1. The van der Waals surface area contributed by atoms with Crippen LogP contribution in [0.25, 0.3) is 0 Å². The molecule has 1 atom stereocenters. The highest BCUT2D eigenvalue weighted by Gasteiger charge is 2.23. The van der Waals surface area contributed by atoms with Crippen LogP contribution in [0.15, 0.2) is 23.1 Å². The van der Waals surface area contributed by atoms with E-state index in [0.29, 0.717) is 12.3 Å². The van der Waals surface area contributed by atoms with Crippen molar-refractivity contribution in [3.05, 3.63) is 18.2 Å². The van der Waals surface area contributed by atoms with E-state index in [-0.39, 0.29) is 22.5 Å². The topological polar surface area (TPSA) is 75.7 Å². The molecule has 7 heteroatoms. The summed E-state index contributed by atoms with van der Waals surface area (Å²) in [5.74, 6) is 0.0329. The Morgan fingerprint density at radius 1 is 1.30 bits per heavy atom. The van der Waals surface area contributed by atoms with Crippen LogP contribution >= 0.6 is 0 Å². The van der Waals surface area contributed by atoms with Crippen LogP contribution in [0, 0.1) is 5.92 Å². The Hall–Kier alpha value is -1.60. The minimum Gasteiger partial charge on any atom is -0.492 e. The lowest BCUT2D eigenvalue weighted by molar-refractivity contribution is -0.119. The first-order chi connectivity index (χ1) is 10.7. The minimum absolute atomic E-state index is 0.0466. The van der Waals surface area contributed by atoms with Gasteiger partial charge >= 0.3 is 0 Å². The molecule has 0 aliphatic heterocycles. The largest absolute Gasteiger partial charge is 0.492 e. The van der Waals surface area contributed by atoms with Crippen molar-refractivity contribution in [3.8, 4) is 5.75 Å². The van der Waals surface area contributed by atoms with Crippen LogP contribution in [-0.2, 0) is 14.8 Å². The predicted molar refractivity (Wildman–Crippen MR) is 91.2 cm³/mol. The highest BCUT2D eigenvalue weighted by molar-refractivity contribution is 7.89. The van der Waals surface area contributed by atoms with E-state index in [1.165, 1.54) is 20.2 Å². The molecule has 0 saturated carbocycles. The predicted octanol–water partition coefficient (Wildman–Crippen LogP) is 2.71. The molecule has 0 aliphatic carbocycles. The molecule has 130 valence electrons. The second-order valence-electron chi connectivity index (χ2n) is 5.56. The third-order valence-electron chi connectivity index (χ3n) is 3.44. The number of rotatable bonds is 8. The summed E-state index contributed by atoms with van der Waals surface area (Å²) in [6, 6.07) is 4.66. The van der Waals surface area contributed by atoms with E-state index in [9.17, 15) is 13.2 Å². The van der Waals surface area contributed by atoms with Crippen molar-refractivity contribution < 1.29 is 17.9 Å². The number of benzene rings is 1. The maximum atomic E-state index is 12.4. The standard InChI is InChI=1S/C16H26N2O4S/c1-6-8-12(3)16(19)17-13-9-10-14(22-7-2)15(11-13)23(20,21)18(4)5/h9-12H,6-8H2,1-5H3,(H,17,19). The van der Waals surface area contributed by atoms with Crippen molar-refractivity contribution in [2.45, 2.75) is 38.5 Å². The molecule has 0 spiro atoms. The first-order valence-corrected chi connectivity index (χ1v) is 9.18. The number of hydrogen-bond donors (Lipinski definition) is 1. The summed E-state index contributed by atoms with van der Waals surface area (Å²) >= 11 is 0. The fraction of sp³-hybridized carbons (Fsp3) is 0.562. The van der Waals surface area contributed by atoms with Crippen molar-refractivity contribution in [3.63, 3.8) is 0 Å². The van der Waals surface area contributed by atoms with Crippen LogP contribution in [0.1, 0.15) is 33.6 Å². The number of carbonyl (C=O) groups excluding carboxylic acids is 1. The average Bonchev–Trinajstić information content (AvgIpc) is 2.48. The fourth-order valence-corrected chi connectivity index (χ4v) is 3.14. The van der Waals surface area contributed by atoms with Gasteiger partial charge in [0.1, 0.15) is 10.6 Å². The van der Waals surface area contributed by atoms with E-state index in [1.807, 2.05) is 13.8 Å². The fourth-order valence-electron chi connectivity index (χ4n) is 2.09. The van der Waals surface area contributed by atoms with Gasteiger partial charge in [0.05, 0.1) is 6.61 Å². The lowest BCUT2D eigenvalue weighted by atomic mass is 10.1. The number of amides is 1. The molecule has 0 heterocycles. The highest BCUT2D eigenvalue weighted by Crippen LogP contribution is 2.29. The van der Waals surface area contributed by atoms with Gasteiger partial charge in [0.15, 0.2) is 0 Å². The number of carbonyl (C=O) groups is 1. The first-order valence-electron chi connectivity index (χ1n) is 7.74. The van der Waals surface area contributed by atoms with Crippen LogP contribution in [0.2, 0.25) is 0 Å². The van der Waals surface area contributed by atoms with E-state index in [1.54, 1.807) is 19.1 Å². The Bertz CT molecular complexity index is 641. The molecule has 1 rings (SSSR count). The van der Waals surface area contributed by atoms with Crippen LogP contribution in [0.4, 0.5) is 5.69 Å². The van der Waals surface area contributed by atoms with Crippen molar-refractivity contribution in [2.24, 2.45) is 5.92 Å². The number of sulfonamides is 1. The molecular weight excluding hydrogens is 316 g/mol. The second kappa shape index (κ2) is 8.31. The Kier molecular flexibility index (Phi) is 7.02. The molecule has 0 bridgehead atoms. The monoisotopic (exact) mass is 342 g/mol. The van der Waals surface area contributed by atoms with E-state index >= 15 is 0 Å². The van der Waals surface area contributed by atoms with Gasteiger partial charge in [-0.05, 0) is 31.5 Å². The zero-order valence-corrected chi connectivity index (χ0v) is 15.2. The Morgan fingerprint density at radius 3 is 2.48 bits per heavy atom.